The number of rotatable bonds is 6. The van der Waals surface area contributed by atoms with Crippen LogP contribution >= 0.6 is 27.5 Å². The van der Waals surface area contributed by atoms with E-state index in [1.165, 1.54) is 0 Å². The maximum absolute atomic E-state index is 5.88. The third-order valence-electron chi connectivity index (χ3n) is 2.66. The highest BCUT2D eigenvalue weighted by atomic mass is 79.9. The third-order valence-corrected chi connectivity index (χ3v) is 3.48. The molecule has 0 spiro atoms. The standard InChI is InChI=1S/C15H15BrClNO/c16-13-5-7-14(8-6-13)19-10-9-18-15-4-2-1-3-12(15)11-17/h1-8,18H,9-11H2. The van der Waals surface area contributed by atoms with Crippen molar-refractivity contribution in [2.24, 2.45) is 0 Å². The first kappa shape index (κ1) is 14.2. The molecule has 2 nitrogen and oxygen atoms in total. The summed E-state index contributed by atoms with van der Waals surface area (Å²) >= 11 is 9.27. The van der Waals surface area contributed by atoms with E-state index in [2.05, 4.69) is 21.2 Å². The number of alkyl halides is 1. The molecule has 2 aromatic carbocycles. The van der Waals surface area contributed by atoms with Gasteiger partial charge < -0.3 is 10.1 Å². The van der Waals surface area contributed by atoms with Crippen molar-refractivity contribution in [1.29, 1.82) is 0 Å². The fourth-order valence-electron chi connectivity index (χ4n) is 1.69. The molecule has 2 aromatic rings. The zero-order chi connectivity index (χ0) is 13.5. The summed E-state index contributed by atoms with van der Waals surface area (Å²) in [6, 6.07) is 15.8. The minimum atomic E-state index is 0.511. The van der Waals surface area contributed by atoms with Crippen molar-refractivity contribution in [2.45, 2.75) is 5.88 Å². The van der Waals surface area contributed by atoms with Crippen molar-refractivity contribution in [3.63, 3.8) is 0 Å². The van der Waals surface area contributed by atoms with Crippen LogP contribution in [0.2, 0.25) is 0 Å². The van der Waals surface area contributed by atoms with Gasteiger partial charge in [0.1, 0.15) is 12.4 Å². The van der Waals surface area contributed by atoms with Gasteiger partial charge in [-0.25, -0.2) is 0 Å². The number of anilines is 1. The summed E-state index contributed by atoms with van der Waals surface area (Å²) in [4.78, 5) is 0. The van der Waals surface area contributed by atoms with Crippen molar-refractivity contribution in [2.75, 3.05) is 18.5 Å². The van der Waals surface area contributed by atoms with Gasteiger partial charge in [-0.1, -0.05) is 34.1 Å². The number of benzene rings is 2. The molecule has 0 fully saturated rings. The summed E-state index contributed by atoms with van der Waals surface area (Å²) in [6.45, 7) is 1.35. The van der Waals surface area contributed by atoms with Gasteiger partial charge in [0.05, 0.1) is 0 Å². The van der Waals surface area contributed by atoms with Crippen LogP contribution in [-0.4, -0.2) is 13.2 Å². The normalized spacial score (nSPS) is 10.2. The SMILES string of the molecule is ClCc1ccccc1NCCOc1ccc(Br)cc1. The van der Waals surface area contributed by atoms with E-state index in [1.54, 1.807) is 0 Å². The summed E-state index contributed by atoms with van der Waals surface area (Å²) in [6.07, 6.45) is 0. The van der Waals surface area contributed by atoms with E-state index in [0.717, 1.165) is 28.0 Å². The number of para-hydroxylation sites is 1. The number of ether oxygens (including phenoxy) is 1. The first-order valence-electron chi connectivity index (χ1n) is 6.05. The first-order chi connectivity index (χ1) is 9.29. The average molecular weight is 341 g/mol. The van der Waals surface area contributed by atoms with E-state index in [1.807, 2.05) is 48.5 Å². The Morgan fingerprint density at radius 3 is 2.53 bits per heavy atom. The lowest BCUT2D eigenvalue weighted by Gasteiger charge is -2.11. The molecule has 0 aromatic heterocycles. The second-order valence-corrected chi connectivity index (χ2v) is 5.20. The zero-order valence-electron chi connectivity index (χ0n) is 10.4. The summed E-state index contributed by atoms with van der Waals surface area (Å²) in [5.74, 6) is 1.38. The van der Waals surface area contributed by atoms with Crippen molar-refractivity contribution in [3.05, 3.63) is 58.6 Å². The smallest absolute Gasteiger partial charge is 0.119 e. The highest BCUT2D eigenvalue weighted by Crippen LogP contribution is 2.17. The molecular weight excluding hydrogens is 326 g/mol. The van der Waals surface area contributed by atoms with Gasteiger partial charge in [0.25, 0.3) is 0 Å². The Hall–Kier alpha value is -1.19. The van der Waals surface area contributed by atoms with Crippen molar-refractivity contribution in [3.8, 4) is 5.75 Å². The Balaban J connectivity index is 1.79. The average Bonchev–Trinajstić information content (AvgIpc) is 2.46. The number of halogens is 2. The quantitative estimate of drug-likeness (QED) is 0.609. The van der Waals surface area contributed by atoms with Gasteiger partial charge in [-0.05, 0) is 35.9 Å². The monoisotopic (exact) mass is 339 g/mol. The predicted molar refractivity (Wildman–Crippen MR) is 84.1 cm³/mol. The lowest BCUT2D eigenvalue weighted by Crippen LogP contribution is -2.12. The van der Waals surface area contributed by atoms with Crippen LogP contribution in [-0.2, 0) is 5.88 Å². The Morgan fingerprint density at radius 1 is 1.05 bits per heavy atom. The predicted octanol–water partition coefficient (Wildman–Crippen LogP) is 4.68. The maximum atomic E-state index is 5.88. The van der Waals surface area contributed by atoms with Crippen LogP contribution in [0.3, 0.4) is 0 Å². The van der Waals surface area contributed by atoms with Crippen LogP contribution in [0.15, 0.2) is 53.0 Å². The van der Waals surface area contributed by atoms with E-state index >= 15 is 0 Å². The van der Waals surface area contributed by atoms with Crippen molar-refractivity contribution < 1.29 is 4.74 Å². The Kier molecular flexibility index (Phi) is 5.55. The molecule has 0 atom stereocenters. The summed E-state index contributed by atoms with van der Waals surface area (Å²) in [5, 5.41) is 3.33. The maximum Gasteiger partial charge on any atom is 0.119 e. The molecule has 0 heterocycles. The molecule has 1 N–H and O–H groups in total. The Labute approximate surface area is 126 Å². The van der Waals surface area contributed by atoms with Crippen LogP contribution in [0.1, 0.15) is 5.56 Å². The van der Waals surface area contributed by atoms with Crippen LogP contribution in [0.5, 0.6) is 5.75 Å². The molecule has 4 heteroatoms. The van der Waals surface area contributed by atoms with Crippen molar-refractivity contribution >= 4 is 33.2 Å². The van der Waals surface area contributed by atoms with Crippen LogP contribution in [0.4, 0.5) is 5.69 Å². The van der Waals surface area contributed by atoms with E-state index in [9.17, 15) is 0 Å². The molecule has 0 saturated heterocycles. The molecule has 0 aliphatic rings. The summed E-state index contributed by atoms with van der Waals surface area (Å²) < 4.78 is 6.69. The molecule has 100 valence electrons. The summed E-state index contributed by atoms with van der Waals surface area (Å²) in [7, 11) is 0. The highest BCUT2D eigenvalue weighted by molar-refractivity contribution is 9.10. The second-order valence-electron chi connectivity index (χ2n) is 4.02. The molecule has 0 radical (unpaired) electrons. The van der Waals surface area contributed by atoms with Gasteiger partial charge in [-0.15, -0.1) is 11.6 Å². The van der Waals surface area contributed by atoms with Gasteiger partial charge >= 0.3 is 0 Å². The molecule has 0 aliphatic heterocycles. The van der Waals surface area contributed by atoms with Gasteiger partial charge in [-0.3, -0.25) is 0 Å². The van der Waals surface area contributed by atoms with Crippen LogP contribution in [0, 0.1) is 0 Å². The molecular formula is C15H15BrClNO. The van der Waals surface area contributed by atoms with E-state index in [4.69, 9.17) is 16.3 Å². The van der Waals surface area contributed by atoms with Crippen LogP contribution < -0.4 is 10.1 Å². The fourth-order valence-corrected chi connectivity index (χ4v) is 2.19. The minimum Gasteiger partial charge on any atom is -0.492 e. The number of hydrogen-bond acceptors (Lipinski definition) is 2. The molecule has 0 saturated carbocycles. The van der Waals surface area contributed by atoms with E-state index < -0.39 is 0 Å². The number of nitrogens with one attached hydrogen (secondary N) is 1. The molecule has 19 heavy (non-hydrogen) atoms. The Morgan fingerprint density at radius 2 is 1.79 bits per heavy atom. The fraction of sp³-hybridized carbons (Fsp3) is 0.200. The topological polar surface area (TPSA) is 21.3 Å². The molecule has 0 bridgehead atoms. The summed E-state index contributed by atoms with van der Waals surface area (Å²) in [5.41, 5.74) is 2.17. The molecule has 0 unspecified atom stereocenters. The highest BCUT2D eigenvalue weighted by Gasteiger charge is 1.99. The minimum absolute atomic E-state index is 0.511. The van der Waals surface area contributed by atoms with Gasteiger partial charge in [-0.2, -0.15) is 0 Å². The van der Waals surface area contributed by atoms with Crippen molar-refractivity contribution in [1.82, 2.24) is 0 Å². The van der Waals surface area contributed by atoms with E-state index in [0.29, 0.717) is 12.5 Å². The third kappa shape index (κ3) is 4.44. The van der Waals surface area contributed by atoms with E-state index in [-0.39, 0.29) is 0 Å². The first-order valence-corrected chi connectivity index (χ1v) is 7.38. The molecule has 0 aliphatic carbocycles. The largest absolute Gasteiger partial charge is 0.492 e. The molecule has 2 rings (SSSR count). The molecule has 0 amide bonds. The zero-order valence-corrected chi connectivity index (χ0v) is 12.7. The van der Waals surface area contributed by atoms with Gasteiger partial charge in [0, 0.05) is 22.6 Å². The lowest BCUT2D eigenvalue weighted by atomic mass is 10.2. The number of hydrogen-bond donors (Lipinski definition) is 1. The Bertz CT molecular complexity index is 516. The van der Waals surface area contributed by atoms with Crippen LogP contribution in [0.25, 0.3) is 0 Å². The lowest BCUT2D eigenvalue weighted by molar-refractivity contribution is 0.333. The second kappa shape index (κ2) is 7.41. The van der Waals surface area contributed by atoms with Gasteiger partial charge in [0.2, 0.25) is 0 Å². The van der Waals surface area contributed by atoms with Gasteiger partial charge in [0.15, 0.2) is 0 Å².